The summed E-state index contributed by atoms with van der Waals surface area (Å²) in [5, 5.41) is 11.0. The van der Waals surface area contributed by atoms with Crippen molar-refractivity contribution < 1.29 is 18.8 Å². The zero-order valence-corrected chi connectivity index (χ0v) is 17.4. The fraction of sp³-hybridized carbons (Fsp3) is 0.400. The zero-order chi connectivity index (χ0) is 21.5. The lowest BCUT2D eigenvalue weighted by atomic mass is 10.1. The summed E-state index contributed by atoms with van der Waals surface area (Å²) in [5.74, 6) is -0.392. The van der Waals surface area contributed by atoms with Crippen LogP contribution in [-0.4, -0.2) is 48.6 Å². The molecule has 8 nitrogen and oxygen atoms in total. The molecular formula is C20H24FN5O3S. The molecule has 4 amide bonds. The molecule has 1 aliphatic rings. The minimum absolute atomic E-state index is 0.0294. The highest BCUT2D eigenvalue weighted by atomic mass is 32.1. The molecule has 1 fully saturated rings. The average Bonchev–Trinajstić information content (AvgIpc) is 3.47. The van der Waals surface area contributed by atoms with E-state index in [1.54, 1.807) is 12.1 Å². The molecule has 1 aliphatic carbocycles. The molecule has 1 aromatic heterocycles. The van der Waals surface area contributed by atoms with E-state index >= 15 is 0 Å². The third-order valence-electron chi connectivity index (χ3n) is 4.39. The van der Waals surface area contributed by atoms with Gasteiger partial charge in [-0.3, -0.25) is 14.9 Å². The molecule has 2 aromatic rings. The topological polar surface area (TPSA) is 112 Å². The van der Waals surface area contributed by atoms with E-state index < -0.39 is 12.7 Å². The van der Waals surface area contributed by atoms with E-state index in [-0.39, 0.29) is 31.3 Å². The number of halogens is 1. The first-order valence-electron chi connectivity index (χ1n) is 9.72. The SMILES string of the molecule is Cc1nc(NC(=O)NCCC(=O)NCCF)sc1-c1ccc(C(=O)NC2CC2)cc1. The van der Waals surface area contributed by atoms with Crippen LogP contribution in [0.1, 0.15) is 35.3 Å². The number of nitrogens with one attached hydrogen (secondary N) is 4. The van der Waals surface area contributed by atoms with Gasteiger partial charge in [-0.15, -0.1) is 0 Å². The fourth-order valence-electron chi connectivity index (χ4n) is 2.69. The summed E-state index contributed by atoms with van der Waals surface area (Å²) in [6.45, 7) is 1.32. The summed E-state index contributed by atoms with van der Waals surface area (Å²) in [5.41, 5.74) is 2.28. The van der Waals surface area contributed by atoms with Crippen molar-refractivity contribution in [3.63, 3.8) is 0 Å². The van der Waals surface area contributed by atoms with Crippen LogP contribution in [0.5, 0.6) is 0 Å². The van der Waals surface area contributed by atoms with Crippen molar-refractivity contribution in [2.75, 3.05) is 25.1 Å². The number of hydrogen-bond donors (Lipinski definition) is 4. The van der Waals surface area contributed by atoms with Gasteiger partial charge in [0.15, 0.2) is 5.13 Å². The van der Waals surface area contributed by atoms with Crippen molar-refractivity contribution in [3.8, 4) is 10.4 Å². The quantitative estimate of drug-likeness (QED) is 0.487. The number of hydrogen-bond acceptors (Lipinski definition) is 5. The van der Waals surface area contributed by atoms with E-state index in [1.807, 2.05) is 19.1 Å². The Morgan fingerprint density at radius 2 is 1.87 bits per heavy atom. The Balaban J connectivity index is 1.52. The minimum Gasteiger partial charge on any atom is -0.353 e. The van der Waals surface area contributed by atoms with Crippen LogP contribution in [0.2, 0.25) is 0 Å². The van der Waals surface area contributed by atoms with E-state index in [2.05, 4.69) is 26.3 Å². The molecule has 3 rings (SSSR count). The van der Waals surface area contributed by atoms with Gasteiger partial charge in [-0.25, -0.2) is 14.2 Å². The first kappa shape index (κ1) is 21.7. The third-order valence-corrected chi connectivity index (χ3v) is 5.52. The monoisotopic (exact) mass is 433 g/mol. The van der Waals surface area contributed by atoms with Crippen molar-refractivity contribution in [3.05, 3.63) is 35.5 Å². The Hall–Kier alpha value is -3.01. The number of benzene rings is 1. The van der Waals surface area contributed by atoms with Crippen molar-refractivity contribution in [1.29, 1.82) is 0 Å². The van der Waals surface area contributed by atoms with Crippen LogP contribution in [0.4, 0.5) is 14.3 Å². The Morgan fingerprint density at radius 3 is 2.53 bits per heavy atom. The molecule has 0 bridgehead atoms. The van der Waals surface area contributed by atoms with Crippen LogP contribution < -0.4 is 21.3 Å². The second-order valence-corrected chi connectivity index (χ2v) is 7.93. The Bertz CT molecular complexity index is 912. The van der Waals surface area contributed by atoms with Gasteiger partial charge in [-0.05, 0) is 37.5 Å². The maximum atomic E-state index is 12.1. The van der Waals surface area contributed by atoms with Gasteiger partial charge in [0.25, 0.3) is 5.91 Å². The molecule has 0 atom stereocenters. The maximum absolute atomic E-state index is 12.1. The number of alkyl halides is 1. The first-order chi connectivity index (χ1) is 14.5. The predicted octanol–water partition coefficient (Wildman–Crippen LogP) is 2.61. The molecule has 0 spiro atoms. The normalized spacial score (nSPS) is 12.9. The molecule has 4 N–H and O–H groups in total. The standard InChI is InChI=1S/C20H24FN5O3S/c1-12-17(13-2-4-14(5-3-13)18(28)25-15-6-7-15)30-20(24-12)26-19(29)23-10-8-16(27)22-11-9-21/h2-5,15H,6-11H2,1H3,(H,22,27)(H,25,28)(H2,23,24,26,29). The van der Waals surface area contributed by atoms with Gasteiger partial charge in [0.2, 0.25) is 5.91 Å². The van der Waals surface area contributed by atoms with Crippen LogP contribution in [0.15, 0.2) is 24.3 Å². The summed E-state index contributed by atoms with van der Waals surface area (Å²) < 4.78 is 12.0. The molecule has 1 aromatic carbocycles. The van der Waals surface area contributed by atoms with Gasteiger partial charge in [0, 0.05) is 31.1 Å². The highest BCUT2D eigenvalue weighted by Crippen LogP contribution is 2.32. The maximum Gasteiger partial charge on any atom is 0.321 e. The molecule has 30 heavy (non-hydrogen) atoms. The number of aryl methyl sites for hydroxylation is 1. The van der Waals surface area contributed by atoms with Crippen molar-refractivity contribution in [2.45, 2.75) is 32.2 Å². The number of urea groups is 1. The lowest BCUT2D eigenvalue weighted by Gasteiger charge is -2.05. The van der Waals surface area contributed by atoms with Crippen LogP contribution in [-0.2, 0) is 4.79 Å². The van der Waals surface area contributed by atoms with Crippen molar-refractivity contribution in [1.82, 2.24) is 20.9 Å². The zero-order valence-electron chi connectivity index (χ0n) is 16.6. The summed E-state index contributed by atoms with van der Waals surface area (Å²) in [4.78, 5) is 40.7. The van der Waals surface area contributed by atoms with Crippen molar-refractivity contribution in [2.24, 2.45) is 0 Å². The number of amides is 4. The molecule has 1 heterocycles. The minimum atomic E-state index is -0.623. The Kier molecular flexibility index (Phi) is 7.34. The highest BCUT2D eigenvalue weighted by Gasteiger charge is 2.23. The number of carbonyl (C=O) groups excluding carboxylic acids is 3. The van der Waals surface area contributed by atoms with Crippen LogP contribution >= 0.6 is 11.3 Å². The summed E-state index contributed by atoms with van der Waals surface area (Å²) in [7, 11) is 0. The highest BCUT2D eigenvalue weighted by molar-refractivity contribution is 7.19. The van der Waals surface area contributed by atoms with Gasteiger partial charge >= 0.3 is 6.03 Å². The number of rotatable bonds is 9. The lowest BCUT2D eigenvalue weighted by molar-refractivity contribution is -0.121. The molecule has 0 unspecified atom stereocenters. The summed E-state index contributed by atoms with van der Waals surface area (Å²) in [6.07, 6.45) is 2.15. The fourth-order valence-corrected chi connectivity index (χ4v) is 3.66. The van der Waals surface area contributed by atoms with Gasteiger partial charge < -0.3 is 16.0 Å². The largest absolute Gasteiger partial charge is 0.353 e. The first-order valence-corrected chi connectivity index (χ1v) is 10.5. The van der Waals surface area contributed by atoms with E-state index in [9.17, 15) is 18.8 Å². The number of anilines is 1. The lowest BCUT2D eigenvalue weighted by Crippen LogP contribution is -2.33. The van der Waals surface area contributed by atoms with Crippen LogP contribution in [0.25, 0.3) is 10.4 Å². The summed E-state index contributed by atoms with van der Waals surface area (Å²) >= 11 is 1.32. The molecule has 160 valence electrons. The number of aromatic nitrogens is 1. The molecule has 0 radical (unpaired) electrons. The third kappa shape index (κ3) is 6.24. The van der Waals surface area contributed by atoms with E-state index in [0.717, 1.165) is 29.0 Å². The number of carbonyl (C=O) groups is 3. The van der Waals surface area contributed by atoms with E-state index in [1.165, 1.54) is 11.3 Å². The van der Waals surface area contributed by atoms with Crippen molar-refractivity contribution >= 4 is 34.3 Å². The predicted molar refractivity (Wildman–Crippen MR) is 113 cm³/mol. The second kappa shape index (κ2) is 10.1. The Morgan fingerprint density at radius 1 is 1.13 bits per heavy atom. The number of nitrogens with zero attached hydrogens (tertiary/aromatic N) is 1. The van der Waals surface area contributed by atoms with Gasteiger partial charge in [0.1, 0.15) is 6.67 Å². The summed E-state index contributed by atoms with van der Waals surface area (Å²) in [6, 6.07) is 7.12. The van der Waals surface area contributed by atoms with E-state index in [0.29, 0.717) is 16.7 Å². The van der Waals surface area contributed by atoms with Gasteiger partial charge in [0.05, 0.1) is 10.6 Å². The molecular weight excluding hydrogens is 409 g/mol. The van der Waals surface area contributed by atoms with Crippen LogP contribution in [0.3, 0.4) is 0 Å². The molecule has 1 saturated carbocycles. The Labute approximate surface area is 177 Å². The van der Waals surface area contributed by atoms with Gasteiger partial charge in [-0.1, -0.05) is 23.5 Å². The van der Waals surface area contributed by atoms with E-state index in [4.69, 9.17) is 0 Å². The van der Waals surface area contributed by atoms with Crippen LogP contribution in [0, 0.1) is 6.92 Å². The molecule has 0 saturated heterocycles. The van der Waals surface area contributed by atoms with Gasteiger partial charge in [-0.2, -0.15) is 0 Å². The number of thiazole rings is 1. The smallest absolute Gasteiger partial charge is 0.321 e. The second-order valence-electron chi connectivity index (χ2n) is 6.93. The average molecular weight is 434 g/mol. The molecule has 10 heteroatoms. The molecule has 0 aliphatic heterocycles.